The number of hydrogen-bond donors (Lipinski definition) is 1. The van der Waals surface area contributed by atoms with Gasteiger partial charge in [-0.15, -0.1) is 5.10 Å². The van der Waals surface area contributed by atoms with Gasteiger partial charge in [-0.1, -0.05) is 30.8 Å². The first-order valence-corrected chi connectivity index (χ1v) is 10.1. The topological polar surface area (TPSA) is 81.9 Å². The van der Waals surface area contributed by atoms with Crippen molar-refractivity contribution in [2.24, 2.45) is 0 Å². The average Bonchev–Trinajstić information content (AvgIpc) is 3.17. The van der Waals surface area contributed by atoms with Crippen molar-refractivity contribution in [2.45, 2.75) is 37.6 Å². The number of nitrogens with one attached hydrogen (secondary N) is 1. The van der Waals surface area contributed by atoms with E-state index < -0.39 is 0 Å². The predicted molar refractivity (Wildman–Crippen MR) is 110 cm³/mol. The van der Waals surface area contributed by atoms with Gasteiger partial charge in [0.2, 0.25) is 11.1 Å². The Kier molecular flexibility index (Phi) is 6.65. The number of tetrazole rings is 1. The second-order valence-corrected chi connectivity index (χ2v) is 7.41. The first-order chi connectivity index (χ1) is 13.6. The van der Waals surface area contributed by atoms with Gasteiger partial charge in [-0.2, -0.15) is 4.68 Å². The van der Waals surface area contributed by atoms with Gasteiger partial charge < -0.3 is 10.1 Å². The van der Waals surface area contributed by atoms with Crippen LogP contribution < -0.4 is 10.1 Å². The van der Waals surface area contributed by atoms with Crippen LogP contribution in [0.3, 0.4) is 0 Å². The van der Waals surface area contributed by atoms with E-state index in [1.54, 1.807) is 4.68 Å². The Morgan fingerprint density at radius 1 is 1.14 bits per heavy atom. The lowest BCUT2D eigenvalue weighted by molar-refractivity contribution is -0.115. The van der Waals surface area contributed by atoms with E-state index in [9.17, 15) is 4.79 Å². The van der Waals surface area contributed by atoms with E-state index in [2.05, 4.69) is 27.8 Å². The van der Waals surface area contributed by atoms with E-state index in [-0.39, 0.29) is 11.2 Å². The number of aromatic nitrogens is 4. The number of rotatable bonds is 8. The minimum Gasteiger partial charge on any atom is -0.494 e. The molecule has 1 aromatic heterocycles. The first kappa shape index (κ1) is 19.9. The highest BCUT2D eigenvalue weighted by Gasteiger charge is 2.19. The van der Waals surface area contributed by atoms with Crippen molar-refractivity contribution in [3.8, 4) is 11.4 Å². The molecule has 3 rings (SSSR count). The molecule has 146 valence electrons. The van der Waals surface area contributed by atoms with E-state index >= 15 is 0 Å². The molecule has 2 aromatic carbocycles. The summed E-state index contributed by atoms with van der Waals surface area (Å²) in [5, 5.41) is 15.0. The van der Waals surface area contributed by atoms with Crippen molar-refractivity contribution in [3.63, 3.8) is 0 Å². The number of hydrogen-bond acceptors (Lipinski definition) is 6. The fourth-order valence-corrected chi connectivity index (χ4v) is 3.35. The van der Waals surface area contributed by atoms with Gasteiger partial charge in [0.1, 0.15) is 5.75 Å². The van der Waals surface area contributed by atoms with Gasteiger partial charge in [0.05, 0.1) is 17.5 Å². The molecule has 3 aromatic rings. The second-order valence-electron chi connectivity index (χ2n) is 6.10. The van der Waals surface area contributed by atoms with Gasteiger partial charge in [-0.3, -0.25) is 4.79 Å². The van der Waals surface area contributed by atoms with E-state index in [1.807, 2.05) is 62.4 Å². The maximum atomic E-state index is 12.5. The van der Waals surface area contributed by atoms with Crippen LogP contribution in [0.1, 0.15) is 26.3 Å². The highest BCUT2D eigenvalue weighted by atomic mass is 32.2. The summed E-state index contributed by atoms with van der Waals surface area (Å²) in [7, 11) is 0. The third kappa shape index (κ3) is 4.89. The Morgan fingerprint density at radius 3 is 2.50 bits per heavy atom. The van der Waals surface area contributed by atoms with E-state index in [4.69, 9.17) is 4.74 Å². The average molecular weight is 398 g/mol. The van der Waals surface area contributed by atoms with Crippen molar-refractivity contribution < 1.29 is 9.53 Å². The quantitative estimate of drug-likeness (QED) is 0.583. The molecule has 0 aliphatic heterocycles. The molecule has 8 heteroatoms. The second kappa shape index (κ2) is 9.36. The van der Waals surface area contributed by atoms with E-state index in [1.165, 1.54) is 17.3 Å². The molecule has 0 radical (unpaired) electrons. The van der Waals surface area contributed by atoms with Crippen LogP contribution in [0.15, 0.2) is 53.7 Å². The normalized spacial score (nSPS) is 11.8. The Hall–Kier alpha value is -2.87. The lowest BCUT2D eigenvalue weighted by Gasteiger charge is -2.12. The monoisotopic (exact) mass is 397 g/mol. The summed E-state index contributed by atoms with van der Waals surface area (Å²) >= 11 is 1.31. The number of ether oxygens (including phenoxy) is 1. The van der Waals surface area contributed by atoms with Gasteiger partial charge in [0.15, 0.2) is 0 Å². The van der Waals surface area contributed by atoms with Crippen molar-refractivity contribution in [1.82, 2.24) is 20.2 Å². The molecule has 0 saturated heterocycles. The van der Waals surface area contributed by atoms with Crippen LogP contribution in [-0.4, -0.2) is 38.0 Å². The van der Waals surface area contributed by atoms with Gasteiger partial charge in [0.25, 0.3) is 0 Å². The zero-order chi connectivity index (χ0) is 19.9. The Labute approximate surface area is 168 Å². The molecular formula is C20H23N5O2S. The third-order valence-electron chi connectivity index (χ3n) is 4.11. The van der Waals surface area contributed by atoms with Crippen molar-refractivity contribution in [3.05, 3.63) is 54.1 Å². The molecule has 7 nitrogen and oxygen atoms in total. The standard InChI is InChI=1S/C20H23N5O2S/c1-4-15-6-10-17(11-7-15)25-20(22-23-24-25)28-14(3)19(26)21-16-8-12-18(13-9-16)27-5-2/h6-14H,4-5H2,1-3H3,(H,21,26)/t14-/m1/s1. The molecule has 1 amide bonds. The fourth-order valence-electron chi connectivity index (χ4n) is 2.54. The zero-order valence-electron chi connectivity index (χ0n) is 16.1. The van der Waals surface area contributed by atoms with E-state index in [0.29, 0.717) is 11.8 Å². The number of anilines is 1. The van der Waals surface area contributed by atoms with E-state index in [0.717, 1.165) is 23.5 Å². The molecule has 0 unspecified atom stereocenters. The molecular weight excluding hydrogens is 374 g/mol. The predicted octanol–water partition coefficient (Wildman–Crippen LogP) is 3.74. The molecule has 0 saturated carbocycles. The summed E-state index contributed by atoms with van der Waals surface area (Å²) in [4.78, 5) is 12.5. The maximum Gasteiger partial charge on any atom is 0.237 e. The molecule has 1 N–H and O–H groups in total. The summed E-state index contributed by atoms with van der Waals surface area (Å²) in [6, 6.07) is 15.4. The third-order valence-corrected chi connectivity index (χ3v) is 5.15. The minimum atomic E-state index is -0.369. The number of amides is 1. The summed E-state index contributed by atoms with van der Waals surface area (Å²) in [5.41, 5.74) is 2.83. The number of nitrogens with zero attached hydrogens (tertiary/aromatic N) is 4. The Morgan fingerprint density at radius 2 is 1.86 bits per heavy atom. The molecule has 1 atom stereocenters. The molecule has 0 bridgehead atoms. The SMILES string of the molecule is CCOc1ccc(NC(=O)[C@@H](C)Sc2nnnn2-c2ccc(CC)cc2)cc1. The highest BCUT2D eigenvalue weighted by Crippen LogP contribution is 2.24. The summed E-state index contributed by atoms with van der Waals surface area (Å²) < 4.78 is 7.05. The van der Waals surface area contributed by atoms with Gasteiger partial charge >= 0.3 is 0 Å². The molecule has 28 heavy (non-hydrogen) atoms. The fraction of sp³-hybridized carbons (Fsp3) is 0.300. The van der Waals surface area contributed by atoms with Gasteiger partial charge in [0, 0.05) is 5.69 Å². The largest absolute Gasteiger partial charge is 0.494 e. The number of thioether (sulfide) groups is 1. The minimum absolute atomic E-state index is 0.120. The lowest BCUT2D eigenvalue weighted by Crippen LogP contribution is -2.22. The molecule has 0 aliphatic rings. The van der Waals surface area contributed by atoms with Gasteiger partial charge in [-0.05, 0) is 72.7 Å². The molecule has 0 fully saturated rings. The number of aryl methyl sites for hydroxylation is 1. The number of carbonyl (C=O) groups is 1. The van der Waals surface area contributed by atoms with Crippen LogP contribution in [0.2, 0.25) is 0 Å². The van der Waals surface area contributed by atoms with Crippen molar-refractivity contribution >= 4 is 23.4 Å². The highest BCUT2D eigenvalue weighted by molar-refractivity contribution is 8.00. The zero-order valence-corrected chi connectivity index (χ0v) is 16.9. The number of benzene rings is 2. The molecule has 0 spiro atoms. The number of carbonyl (C=O) groups excluding carboxylic acids is 1. The summed E-state index contributed by atoms with van der Waals surface area (Å²) in [5.74, 6) is 0.654. The summed E-state index contributed by atoms with van der Waals surface area (Å²) in [6.07, 6.45) is 0.972. The van der Waals surface area contributed by atoms with Crippen molar-refractivity contribution in [2.75, 3.05) is 11.9 Å². The van der Waals surface area contributed by atoms with Crippen LogP contribution in [0.5, 0.6) is 5.75 Å². The van der Waals surface area contributed by atoms with Gasteiger partial charge in [-0.25, -0.2) is 0 Å². The smallest absolute Gasteiger partial charge is 0.237 e. The Bertz CT molecular complexity index is 909. The van der Waals surface area contributed by atoms with Crippen LogP contribution in [-0.2, 0) is 11.2 Å². The molecule has 0 aliphatic carbocycles. The Balaban J connectivity index is 1.65. The molecule has 1 heterocycles. The van der Waals surface area contributed by atoms with Crippen molar-refractivity contribution in [1.29, 1.82) is 0 Å². The van der Waals surface area contributed by atoms with Crippen LogP contribution >= 0.6 is 11.8 Å². The first-order valence-electron chi connectivity index (χ1n) is 9.18. The van der Waals surface area contributed by atoms with Crippen LogP contribution in [0.25, 0.3) is 5.69 Å². The van der Waals surface area contributed by atoms with Crippen LogP contribution in [0, 0.1) is 0 Å². The lowest BCUT2D eigenvalue weighted by atomic mass is 10.1. The summed E-state index contributed by atoms with van der Waals surface area (Å²) in [6.45, 7) is 6.47. The maximum absolute atomic E-state index is 12.5. The van der Waals surface area contributed by atoms with Crippen LogP contribution in [0.4, 0.5) is 5.69 Å².